The van der Waals surface area contributed by atoms with Crippen molar-refractivity contribution in [3.8, 4) is 0 Å². The Morgan fingerprint density at radius 2 is 1.01 bits per heavy atom. The molecule has 4 rings (SSSR count). The summed E-state index contributed by atoms with van der Waals surface area (Å²) in [6.45, 7) is 55.7. The van der Waals surface area contributed by atoms with E-state index in [1.807, 2.05) is 0 Å². The largest absolute Gasteiger partial charge is 0.299 e. The minimum Gasteiger partial charge on any atom is -0.133 e. The molecule has 0 aliphatic carbocycles. The van der Waals surface area contributed by atoms with Crippen LogP contribution in [0.3, 0.4) is 0 Å². The predicted octanol–water partition coefficient (Wildman–Crippen LogP) is 20.9. The highest BCUT2D eigenvalue weighted by atomic mass is 27.2. The van der Waals surface area contributed by atoms with Gasteiger partial charge in [0.2, 0.25) is 0 Å². The lowest BCUT2D eigenvalue weighted by Crippen LogP contribution is -2.27. The molecule has 0 aliphatic rings. The summed E-state index contributed by atoms with van der Waals surface area (Å²) >= 11 is -2.38. The van der Waals surface area contributed by atoms with E-state index >= 15 is 0 Å². The third kappa shape index (κ3) is 23.6. The predicted molar refractivity (Wildman–Crippen MR) is 324 cm³/mol. The lowest BCUT2D eigenvalue weighted by atomic mass is 9.79. The second kappa shape index (κ2) is 30.2. The Hall–Kier alpha value is -2.04. The highest BCUT2D eigenvalue weighted by Crippen LogP contribution is 2.35. The lowest BCUT2D eigenvalue weighted by Gasteiger charge is -2.27. The molecular formula is C66H105Al3. The van der Waals surface area contributed by atoms with Crippen molar-refractivity contribution in [1.29, 1.82) is 0 Å². The van der Waals surface area contributed by atoms with Crippen LogP contribution in [0.4, 0.5) is 0 Å². The van der Waals surface area contributed by atoms with E-state index in [0.29, 0.717) is 4.78 Å². The molecule has 69 heavy (non-hydrogen) atoms. The SMILES string of the molecule is C=C[CH](c1c(C)cc(C)cc1C)[Al]([CH2]C(C)C)[CH2]C(C)C.CC(C)[CH2][Al]([CH2]C=Cc1cc(C(C)(C)C)cc(C(C)(C)C)c1)[CH2]C(C)C.C[C](=Cc1cccc2ccccc12)[Al]([CH2]C(C)C)[CH2]C(C)C. The van der Waals surface area contributed by atoms with Crippen LogP contribution in [0.1, 0.15) is 181 Å². The average molecular weight is 980 g/mol. The van der Waals surface area contributed by atoms with Gasteiger partial charge in [-0.2, -0.15) is 0 Å². The number of hydrogen-bond acceptors (Lipinski definition) is 0. The quantitative estimate of drug-likeness (QED) is 0.0611. The smallest absolute Gasteiger partial charge is 0.133 e. The molecule has 0 bridgehead atoms. The minimum absolute atomic E-state index is 0.191. The fourth-order valence-electron chi connectivity index (χ4n) is 10.8. The Balaban J connectivity index is 0.000000357. The number of hydrogen-bond donors (Lipinski definition) is 0. The second-order valence-corrected chi connectivity index (χ2v) is 35.7. The van der Waals surface area contributed by atoms with Gasteiger partial charge in [-0.1, -0.05) is 307 Å². The molecule has 1 unspecified atom stereocenters. The van der Waals surface area contributed by atoms with Crippen molar-refractivity contribution in [3.05, 3.63) is 140 Å². The molecule has 4 aromatic rings. The van der Waals surface area contributed by atoms with Gasteiger partial charge in [0.1, 0.15) is 0 Å². The average Bonchev–Trinajstić information content (AvgIpc) is 3.20. The van der Waals surface area contributed by atoms with Gasteiger partial charge in [-0.3, -0.25) is 0 Å². The van der Waals surface area contributed by atoms with Gasteiger partial charge < -0.3 is 0 Å². The van der Waals surface area contributed by atoms with Crippen LogP contribution < -0.4 is 0 Å². The number of allylic oxidation sites excluding steroid dienone is 3. The molecule has 0 radical (unpaired) electrons. The molecule has 0 saturated heterocycles. The summed E-state index contributed by atoms with van der Waals surface area (Å²) in [5, 5.41) is 12.7. The van der Waals surface area contributed by atoms with Gasteiger partial charge in [-0.05, 0) is 86.1 Å². The first-order chi connectivity index (χ1) is 32.0. The van der Waals surface area contributed by atoms with Crippen LogP contribution in [0.5, 0.6) is 0 Å². The molecule has 4 aromatic carbocycles. The first-order valence-electron chi connectivity index (χ1n) is 27.7. The Labute approximate surface area is 442 Å². The van der Waals surface area contributed by atoms with Crippen LogP contribution in [0.25, 0.3) is 22.9 Å². The summed E-state index contributed by atoms with van der Waals surface area (Å²) in [4.78, 5) is 0. The molecule has 378 valence electrons. The van der Waals surface area contributed by atoms with E-state index in [2.05, 4.69) is 256 Å². The van der Waals surface area contributed by atoms with E-state index in [0.717, 1.165) is 35.5 Å². The molecular weight excluding hydrogens is 874 g/mol. The fourth-order valence-corrected chi connectivity index (χ4v) is 22.8. The van der Waals surface area contributed by atoms with Crippen molar-refractivity contribution < 1.29 is 0 Å². The van der Waals surface area contributed by atoms with Crippen LogP contribution in [0, 0.1) is 56.3 Å². The molecule has 0 saturated carbocycles. The zero-order chi connectivity index (χ0) is 52.4. The summed E-state index contributed by atoms with van der Waals surface area (Å²) in [7, 11) is 0. The monoisotopic (exact) mass is 979 g/mol. The van der Waals surface area contributed by atoms with Gasteiger partial charge in [0.15, 0.2) is 0 Å². The maximum atomic E-state index is 4.21. The molecule has 0 N–H and O–H groups in total. The summed E-state index contributed by atoms with van der Waals surface area (Å²) < 4.78 is 2.29. The molecule has 0 aromatic heterocycles. The Morgan fingerprint density at radius 3 is 1.45 bits per heavy atom. The number of fused-ring (bicyclic) bond motifs is 1. The standard InChI is InChI=1S/C17H25.C13H11.C12H15.6C4H9.3Al/c1-8-9-13-10-14(16(2,3)4)12-15(11-13)17(5,6)7;1-2-6-11-8-5-9-12-7-3-4-10-13(11)12;1-5-6-12-10(3)7-9(2)8-11(12)4;6*1-4(2)3;;;/h8-12H,1H2,2-7H3;3-10H,1H3;5-8H,1H2,2-4H3;6*4H,1H2,2-3H3;;;. The summed E-state index contributed by atoms with van der Waals surface area (Å²) in [5.74, 6) is 4.91. The van der Waals surface area contributed by atoms with Gasteiger partial charge in [0.05, 0.1) is 0 Å². The molecule has 3 heteroatoms. The van der Waals surface area contributed by atoms with Crippen molar-refractivity contribution in [2.45, 2.75) is 205 Å². The summed E-state index contributed by atoms with van der Waals surface area (Å²) in [6, 6.07) is 27.3. The maximum absolute atomic E-state index is 4.21. The molecule has 0 heterocycles. The number of aryl methyl sites for hydroxylation is 3. The van der Waals surface area contributed by atoms with Crippen LogP contribution in [0.2, 0.25) is 37.0 Å². The van der Waals surface area contributed by atoms with Crippen molar-refractivity contribution in [1.82, 2.24) is 0 Å². The van der Waals surface area contributed by atoms with Gasteiger partial charge in [-0.15, -0.1) is 11.0 Å². The lowest BCUT2D eigenvalue weighted by molar-refractivity contribution is 0.568. The van der Waals surface area contributed by atoms with Crippen molar-refractivity contribution >= 4 is 65.4 Å². The summed E-state index contributed by atoms with van der Waals surface area (Å²) in [5.41, 5.74) is 11.9. The first kappa shape index (κ1) is 63.1. The number of benzene rings is 4. The van der Waals surface area contributed by atoms with Crippen LogP contribution in [-0.4, -0.2) is 42.4 Å². The van der Waals surface area contributed by atoms with Gasteiger partial charge >= 0.3 is 0 Å². The maximum Gasteiger partial charge on any atom is 0.299 e. The molecule has 0 fully saturated rings. The van der Waals surface area contributed by atoms with Crippen molar-refractivity contribution in [3.63, 3.8) is 0 Å². The Kier molecular flexibility index (Phi) is 27.6. The van der Waals surface area contributed by atoms with Crippen molar-refractivity contribution in [2.75, 3.05) is 0 Å². The normalized spacial score (nSPS) is 12.8. The van der Waals surface area contributed by atoms with Crippen LogP contribution in [-0.2, 0) is 10.8 Å². The van der Waals surface area contributed by atoms with Crippen molar-refractivity contribution in [2.24, 2.45) is 35.5 Å². The molecule has 0 nitrogen and oxygen atoms in total. The van der Waals surface area contributed by atoms with Crippen LogP contribution in [0.15, 0.2) is 96.0 Å². The third-order valence-corrected chi connectivity index (χ3v) is 27.2. The molecule has 1 atom stereocenters. The van der Waals surface area contributed by atoms with E-state index in [4.69, 9.17) is 0 Å². The van der Waals surface area contributed by atoms with E-state index < -0.39 is 42.4 Å². The molecule has 0 amide bonds. The highest BCUT2D eigenvalue weighted by Gasteiger charge is 2.31. The first-order valence-corrected chi connectivity index (χ1v) is 34.7. The van der Waals surface area contributed by atoms with E-state index in [1.165, 1.54) is 86.7 Å². The van der Waals surface area contributed by atoms with E-state index in [1.54, 1.807) is 10.00 Å². The zero-order valence-corrected chi connectivity index (χ0v) is 52.6. The Morgan fingerprint density at radius 1 is 0.565 bits per heavy atom. The summed E-state index contributed by atoms with van der Waals surface area (Å²) in [6.07, 6.45) is 9.61. The fraction of sp³-hybridized carbons (Fsp3) is 0.576. The topological polar surface area (TPSA) is 0 Å². The molecule has 0 spiro atoms. The minimum atomic E-state index is -0.881. The second-order valence-electron chi connectivity index (χ2n) is 26.1. The highest BCUT2D eigenvalue weighted by molar-refractivity contribution is 6.67. The van der Waals surface area contributed by atoms with E-state index in [9.17, 15) is 0 Å². The van der Waals surface area contributed by atoms with Gasteiger partial charge in [0, 0.05) is 0 Å². The van der Waals surface area contributed by atoms with Gasteiger partial charge in [0.25, 0.3) is 42.4 Å². The zero-order valence-electron chi connectivity index (χ0n) is 49.2. The van der Waals surface area contributed by atoms with Gasteiger partial charge in [-0.25, -0.2) is 0 Å². The molecule has 0 aliphatic heterocycles. The number of rotatable bonds is 20. The van der Waals surface area contributed by atoms with E-state index in [-0.39, 0.29) is 10.8 Å². The Bertz CT molecular complexity index is 2090. The van der Waals surface area contributed by atoms with Crippen LogP contribution >= 0.6 is 0 Å². The third-order valence-electron chi connectivity index (χ3n) is 13.8.